The maximum absolute atomic E-state index is 11.4. The number of fused-ring (bicyclic) bond motifs is 1. The van der Waals surface area contributed by atoms with Gasteiger partial charge >= 0.3 is 5.97 Å². The van der Waals surface area contributed by atoms with Crippen molar-refractivity contribution in [1.29, 1.82) is 0 Å². The maximum atomic E-state index is 11.4. The van der Waals surface area contributed by atoms with E-state index >= 15 is 0 Å². The summed E-state index contributed by atoms with van der Waals surface area (Å²) in [6.45, 7) is 5.12. The molecule has 4 nitrogen and oxygen atoms in total. The van der Waals surface area contributed by atoms with Gasteiger partial charge in [0.1, 0.15) is 5.75 Å². The summed E-state index contributed by atoms with van der Waals surface area (Å²) in [5.74, 6) is -0.0374. The topological polar surface area (TPSA) is 78.3 Å². The van der Waals surface area contributed by atoms with Crippen molar-refractivity contribution in [2.24, 2.45) is 0 Å². The van der Waals surface area contributed by atoms with E-state index in [1.165, 1.54) is 0 Å². The predicted octanol–water partition coefficient (Wildman–Crippen LogP) is 2.49. The molecule has 4 heteroatoms. The molecule has 92 valence electrons. The molecule has 0 heterocycles. The van der Waals surface area contributed by atoms with Crippen molar-refractivity contribution >= 4 is 28.1 Å². The Labute approximate surface area is 105 Å². The Morgan fingerprint density at radius 1 is 1.22 bits per heavy atom. The third kappa shape index (κ3) is 2.13. The number of carbonyl (C=O) groups is 1. The van der Waals surface area contributed by atoms with Crippen LogP contribution in [0, 0.1) is 0 Å². The van der Waals surface area contributed by atoms with Crippen LogP contribution >= 0.6 is 0 Å². The summed E-state index contributed by atoms with van der Waals surface area (Å²) in [5, 5.41) is 1.71. The molecule has 0 saturated heterocycles. The van der Waals surface area contributed by atoms with Crippen molar-refractivity contribution in [2.45, 2.75) is 6.92 Å². The molecule has 0 unspecified atom stereocenters. The molecule has 0 aliphatic heterocycles. The summed E-state index contributed by atoms with van der Waals surface area (Å²) < 4.78 is 5.14. The van der Waals surface area contributed by atoms with Gasteiger partial charge in [0.05, 0.1) is 11.4 Å². The molecular formula is C14H14N2O2. The highest BCUT2D eigenvalue weighted by atomic mass is 16.5. The first-order valence-corrected chi connectivity index (χ1v) is 5.44. The maximum Gasteiger partial charge on any atom is 0.338 e. The van der Waals surface area contributed by atoms with E-state index in [1.807, 2.05) is 12.1 Å². The molecule has 0 spiro atoms. The van der Waals surface area contributed by atoms with Gasteiger partial charge in [0, 0.05) is 11.0 Å². The summed E-state index contributed by atoms with van der Waals surface area (Å²) in [7, 11) is 0. The SMILES string of the molecule is C=C(C)C(=O)Oc1ccc2ccc(N)c(N)c2c1. The van der Waals surface area contributed by atoms with Crippen LogP contribution < -0.4 is 16.2 Å². The minimum atomic E-state index is -0.461. The van der Waals surface area contributed by atoms with Crippen molar-refractivity contribution in [3.8, 4) is 5.75 Å². The Balaban J connectivity index is 2.46. The van der Waals surface area contributed by atoms with Crippen molar-refractivity contribution < 1.29 is 9.53 Å². The van der Waals surface area contributed by atoms with Crippen molar-refractivity contribution in [3.05, 3.63) is 42.5 Å². The molecule has 0 aliphatic carbocycles. The smallest absolute Gasteiger partial charge is 0.338 e. The van der Waals surface area contributed by atoms with Crippen LogP contribution in [0.4, 0.5) is 11.4 Å². The predicted molar refractivity (Wildman–Crippen MR) is 73.2 cm³/mol. The summed E-state index contributed by atoms with van der Waals surface area (Å²) in [4.78, 5) is 11.4. The van der Waals surface area contributed by atoms with Crippen LogP contribution in [0.25, 0.3) is 10.8 Å². The van der Waals surface area contributed by atoms with Gasteiger partial charge in [-0.1, -0.05) is 18.7 Å². The lowest BCUT2D eigenvalue weighted by atomic mass is 10.1. The van der Waals surface area contributed by atoms with Crippen LogP contribution in [0.5, 0.6) is 5.75 Å². The van der Waals surface area contributed by atoms with Gasteiger partial charge in [-0.15, -0.1) is 0 Å². The van der Waals surface area contributed by atoms with Crippen LogP contribution in [0.2, 0.25) is 0 Å². The van der Waals surface area contributed by atoms with Gasteiger partial charge in [0.25, 0.3) is 0 Å². The Morgan fingerprint density at radius 3 is 2.56 bits per heavy atom. The van der Waals surface area contributed by atoms with Crippen LogP contribution in [-0.2, 0) is 4.79 Å². The second kappa shape index (κ2) is 4.41. The molecule has 0 fully saturated rings. The molecule has 2 rings (SSSR count). The lowest BCUT2D eigenvalue weighted by Crippen LogP contribution is -2.08. The second-order valence-electron chi connectivity index (χ2n) is 4.12. The Bertz CT molecular complexity index is 648. The molecule has 2 aromatic rings. The number of hydrogen-bond donors (Lipinski definition) is 2. The Kier molecular flexibility index (Phi) is 2.93. The third-order valence-electron chi connectivity index (χ3n) is 2.63. The van der Waals surface area contributed by atoms with E-state index in [0.29, 0.717) is 22.7 Å². The van der Waals surface area contributed by atoms with Crippen LogP contribution in [0.3, 0.4) is 0 Å². The molecule has 0 aromatic heterocycles. The van der Waals surface area contributed by atoms with E-state index in [2.05, 4.69) is 6.58 Å². The minimum Gasteiger partial charge on any atom is -0.423 e. The number of nitrogen functional groups attached to an aromatic ring is 2. The molecular weight excluding hydrogens is 228 g/mol. The fourth-order valence-corrected chi connectivity index (χ4v) is 1.60. The average Bonchev–Trinajstić information content (AvgIpc) is 2.34. The number of nitrogens with two attached hydrogens (primary N) is 2. The van der Waals surface area contributed by atoms with Gasteiger partial charge in [-0.2, -0.15) is 0 Å². The monoisotopic (exact) mass is 242 g/mol. The second-order valence-corrected chi connectivity index (χ2v) is 4.12. The van der Waals surface area contributed by atoms with Gasteiger partial charge in [0.2, 0.25) is 0 Å². The number of carbonyl (C=O) groups excluding carboxylic acids is 1. The Morgan fingerprint density at radius 2 is 1.89 bits per heavy atom. The summed E-state index contributed by atoms with van der Waals surface area (Å²) >= 11 is 0. The zero-order valence-corrected chi connectivity index (χ0v) is 10.1. The van der Waals surface area contributed by atoms with E-state index in [-0.39, 0.29) is 0 Å². The molecule has 0 aliphatic rings. The van der Waals surface area contributed by atoms with Gasteiger partial charge in [-0.3, -0.25) is 0 Å². The van der Waals surface area contributed by atoms with Gasteiger partial charge in [-0.25, -0.2) is 4.79 Å². The van der Waals surface area contributed by atoms with Crippen molar-refractivity contribution in [3.63, 3.8) is 0 Å². The third-order valence-corrected chi connectivity index (χ3v) is 2.63. The molecule has 0 amide bonds. The van der Waals surface area contributed by atoms with Crippen molar-refractivity contribution in [2.75, 3.05) is 11.5 Å². The fraction of sp³-hybridized carbons (Fsp3) is 0.0714. The van der Waals surface area contributed by atoms with E-state index in [9.17, 15) is 4.79 Å². The lowest BCUT2D eigenvalue weighted by Gasteiger charge is -2.08. The molecule has 0 radical (unpaired) electrons. The van der Waals surface area contributed by atoms with Gasteiger partial charge in [-0.05, 0) is 30.5 Å². The largest absolute Gasteiger partial charge is 0.423 e. The normalized spacial score (nSPS) is 10.3. The number of ether oxygens (including phenoxy) is 1. The van der Waals surface area contributed by atoms with E-state index < -0.39 is 5.97 Å². The molecule has 18 heavy (non-hydrogen) atoms. The summed E-state index contributed by atoms with van der Waals surface area (Å²) in [5.41, 5.74) is 13.0. The number of hydrogen-bond acceptors (Lipinski definition) is 4. The highest BCUT2D eigenvalue weighted by Crippen LogP contribution is 2.29. The number of esters is 1. The quantitative estimate of drug-likeness (QED) is 0.367. The zero-order valence-electron chi connectivity index (χ0n) is 10.1. The highest BCUT2D eigenvalue weighted by Gasteiger charge is 2.08. The standard InChI is InChI=1S/C14H14N2O2/c1-8(2)14(17)18-10-5-3-9-4-6-12(15)13(16)11(9)7-10/h3-7H,1,15-16H2,2H3. The van der Waals surface area contributed by atoms with E-state index in [1.54, 1.807) is 25.1 Å². The lowest BCUT2D eigenvalue weighted by molar-refractivity contribution is -0.130. The fourth-order valence-electron chi connectivity index (χ4n) is 1.60. The summed E-state index contributed by atoms with van der Waals surface area (Å²) in [6, 6.07) is 8.84. The zero-order chi connectivity index (χ0) is 13.3. The molecule has 2 aromatic carbocycles. The number of benzene rings is 2. The van der Waals surface area contributed by atoms with E-state index in [0.717, 1.165) is 10.8 Å². The first-order chi connectivity index (χ1) is 8.49. The van der Waals surface area contributed by atoms with Gasteiger partial charge in [0.15, 0.2) is 0 Å². The number of anilines is 2. The van der Waals surface area contributed by atoms with Crippen LogP contribution in [-0.4, -0.2) is 5.97 Å². The Hall–Kier alpha value is -2.49. The van der Waals surface area contributed by atoms with Gasteiger partial charge < -0.3 is 16.2 Å². The number of rotatable bonds is 2. The van der Waals surface area contributed by atoms with Crippen molar-refractivity contribution in [1.82, 2.24) is 0 Å². The van der Waals surface area contributed by atoms with Crippen LogP contribution in [0.1, 0.15) is 6.92 Å². The molecule has 0 atom stereocenters. The first-order valence-electron chi connectivity index (χ1n) is 5.44. The molecule has 4 N–H and O–H groups in total. The molecule has 0 saturated carbocycles. The summed E-state index contributed by atoms with van der Waals surface area (Å²) in [6.07, 6.45) is 0. The molecule has 0 bridgehead atoms. The highest BCUT2D eigenvalue weighted by molar-refractivity contribution is 5.99. The van der Waals surface area contributed by atoms with Crippen LogP contribution in [0.15, 0.2) is 42.5 Å². The van der Waals surface area contributed by atoms with E-state index in [4.69, 9.17) is 16.2 Å². The first kappa shape index (κ1) is 12.0. The minimum absolute atomic E-state index is 0.343. The average molecular weight is 242 g/mol.